The molecule has 8 nitrogen and oxygen atoms in total. The molecule has 1 aromatic carbocycles. The zero-order valence-electron chi connectivity index (χ0n) is 13.0. The Morgan fingerprint density at radius 3 is 2.48 bits per heavy atom. The van der Waals surface area contributed by atoms with Crippen LogP contribution in [0.1, 0.15) is 26.6 Å². The van der Waals surface area contributed by atoms with Crippen molar-refractivity contribution in [2.75, 3.05) is 5.32 Å². The van der Waals surface area contributed by atoms with Gasteiger partial charge >= 0.3 is 0 Å². The molecule has 3 aromatic rings. The van der Waals surface area contributed by atoms with Crippen molar-refractivity contribution in [1.82, 2.24) is 15.5 Å². The van der Waals surface area contributed by atoms with Crippen LogP contribution in [0.25, 0.3) is 0 Å². The van der Waals surface area contributed by atoms with Crippen LogP contribution in [-0.4, -0.2) is 22.0 Å². The lowest BCUT2D eigenvalue weighted by Crippen LogP contribution is -2.25. The van der Waals surface area contributed by atoms with Gasteiger partial charge in [0, 0.05) is 18.3 Å². The highest BCUT2D eigenvalue weighted by Crippen LogP contribution is 2.12. The first-order valence-corrected chi connectivity index (χ1v) is 7.39. The normalized spacial score (nSPS) is 10.2. The van der Waals surface area contributed by atoms with Crippen molar-refractivity contribution in [2.24, 2.45) is 0 Å². The summed E-state index contributed by atoms with van der Waals surface area (Å²) >= 11 is 0. The summed E-state index contributed by atoms with van der Waals surface area (Å²) in [4.78, 5) is 34.7. The molecule has 0 aliphatic heterocycles. The number of benzene rings is 1. The van der Waals surface area contributed by atoms with E-state index in [1.165, 1.54) is 18.4 Å². The number of amides is 2. The molecule has 126 valence electrons. The Balaban J connectivity index is 1.55. The van der Waals surface area contributed by atoms with Gasteiger partial charge in [-0.2, -0.15) is 5.10 Å². The lowest BCUT2D eigenvalue weighted by molar-refractivity contribution is 0.0944. The fourth-order valence-electron chi connectivity index (χ4n) is 2.05. The van der Waals surface area contributed by atoms with Crippen LogP contribution in [-0.2, 0) is 6.54 Å². The van der Waals surface area contributed by atoms with Crippen LogP contribution in [0.3, 0.4) is 0 Å². The summed E-state index contributed by atoms with van der Waals surface area (Å²) < 4.78 is 5.02. The number of aromatic amines is 1. The average molecular weight is 338 g/mol. The first-order valence-electron chi connectivity index (χ1n) is 7.39. The van der Waals surface area contributed by atoms with Crippen molar-refractivity contribution in [3.63, 3.8) is 0 Å². The van der Waals surface area contributed by atoms with Crippen LogP contribution in [0.2, 0.25) is 0 Å². The van der Waals surface area contributed by atoms with Gasteiger partial charge < -0.3 is 15.1 Å². The number of nitrogens with one attached hydrogen (secondary N) is 3. The van der Waals surface area contributed by atoms with E-state index in [1.54, 1.807) is 36.4 Å². The van der Waals surface area contributed by atoms with E-state index < -0.39 is 5.91 Å². The minimum Gasteiger partial charge on any atom is -0.459 e. The van der Waals surface area contributed by atoms with Gasteiger partial charge in [0.15, 0.2) is 5.76 Å². The SMILES string of the molecule is O=C(NCc1ccc(NC(=O)c2ccco2)cc1)c1ccc(=O)[nH]n1. The number of anilines is 1. The van der Waals surface area contributed by atoms with E-state index in [4.69, 9.17) is 4.42 Å². The Bertz CT molecular complexity index is 910. The molecule has 0 aliphatic carbocycles. The van der Waals surface area contributed by atoms with Gasteiger partial charge in [-0.3, -0.25) is 14.4 Å². The molecule has 0 saturated heterocycles. The van der Waals surface area contributed by atoms with Gasteiger partial charge in [0.25, 0.3) is 17.4 Å². The molecule has 2 amide bonds. The van der Waals surface area contributed by atoms with E-state index in [1.807, 2.05) is 0 Å². The number of rotatable bonds is 5. The van der Waals surface area contributed by atoms with Crippen molar-refractivity contribution < 1.29 is 14.0 Å². The summed E-state index contributed by atoms with van der Waals surface area (Å²) in [5.41, 5.74) is 1.21. The number of H-pyrrole nitrogens is 1. The van der Waals surface area contributed by atoms with Crippen molar-refractivity contribution in [1.29, 1.82) is 0 Å². The minimum atomic E-state index is -0.397. The average Bonchev–Trinajstić information content (AvgIpc) is 3.16. The number of carbonyl (C=O) groups excluding carboxylic acids is 2. The third-order valence-corrected chi connectivity index (χ3v) is 3.32. The smallest absolute Gasteiger partial charge is 0.291 e. The summed E-state index contributed by atoms with van der Waals surface area (Å²) in [6, 6.07) is 12.8. The van der Waals surface area contributed by atoms with Gasteiger partial charge in [-0.05, 0) is 35.9 Å². The van der Waals surface area contributed by atoms with Crippen LogP contribution in [0.5, 0.6) is 0 Å². The van der Waals surface area contributed by atoms with Crippen LogP contribution in [0.15, 0.2) is 64.0 Å². The molecule has 3 rings (SSSR count). The standard InChI is InChI=1S/C17H14N4O4/c22-15-8-7-13(20-21-15)16(23)18-10-11-3-5-12(6-4-11)19-17(24)14-2-1-9-25-14/h1-9H,10H2,(H,18,23)(H,19,24)(H,21,22). The van der Waals surface area contributed by atoms with Crippen molar-refractivity contribution >= 4 is 17.5 Å². The zero-order valence-corrected chi connectivity index (χ0v) is 13.0. The minimum absolute atomic E-state index is 0.127. The molecule has 0 aliphatic rings. The number of nitrogens with zero attached hydrogens (tertiary/aromatic N) is 1. The van der Waals surface area contributed by atoms with Crippen LogP contribution in [0, 0.1) is 0 Å². The second-order valence-electron chi connectivity index (χ2n) is 5.12. The molecule has 0 bridgehead atoms. The summed E-state index contributed by atoms with van der Waals surface area (Å²) in [6.07, 6.45) is 1.43. The third kappa shape index (κ3) is 4.20. The summed E-state index contributed by atoms with van der Waals surface area (Å²) in [6.45, 7) is 0.284. The molecule has 3 N–H and O–H groups in total. The second-order valence-corrected chi connectivity index (χ2v) is 5.12. The van der Waals surface area contributed by atoms with Gasteiger partial charge in [0.05, 0.1) is 6.26 Å². The molecule has 2 aromatic heterocycles. The Hall–Kier alpha value is -3.68. The largest absolute Gasteiger partial charge is 0.459 e. The van der Waals surface area contributed by atoms with Gasteiger partial charge in [-0.25, -0.2) is 5.10 Å². The van der Waals surface area contributed by atoms with Crippen molar-refractivity contribution in [2.45, 2.75) is 6.54 Å². The highest BCUT2D eigenvalue weighted by Gasteiger charge is 2.09. The van der Waals surface area contributed by atoms with Gasteiger partial charge in [0.2, 0.25) is 0 Å². The van der Waals surface area contributed by atoms with Gasteiger partial charge in [-0.1, -0.05) is 12.1 Å². The maximum Gasteiger partial charge on any atom is 0.291 e. The number of furan rings is 1. The summed E-state index contributed by atoms with van der Waals surface area (Å²) in [5.74, 6) is -0.508. The Morgan fingerprint density at radius 1 is 1.04 bits per heavy atom. The van der Waals surface area contributed by atoms with Crippen LogP contribution in [0.4, 0.5) is 5.69 Å². The highest BCUT2D eigenvalue weighted by molar-refractivity contribution is 6.02. The fraction of sp³-hybridized carbons (Fsp3) is 0.0588. The predicted octanol–water partition coefficient (Wildman–Crippen LogP) is 1.55. The molecule has 0 saturated carbocycles. The highest BCUT2D eigenvalue weighted by atomic mass is 16.3. The molecule has 0 unspecified atom stereocenters. The van der Waals surface area contributed by atoms with E-state index in [9.17, 15) is 14.4 Å². The first-order chi connectivity index (χ1) is 12.1. The lowest BCUT2D eigenvalue weighted by Gasteiger charge is -2.07. The van der Waals surface area contributed by atoms with Gasteiger partial charge in [0.1, 0.15) is 5.69 Å². The molecule has 8 heteroatoms. The van der Waals surface area contributed by atoms with Gasteiger partial charge in [-0.15, -0.1) is 0 Å². The molecule has 0 atom stereocenters. The number of aromatic nitrogens is 2. The Kier molecular flexibility index (Phi) is 4.70. The quantitative estimate of drug-likeness (QED) is 0.652. The Morgan fingerprint density at radius 2 is 1.84 bits per heavy atom. The van der Waals surface area contributed by atoms with E-state index >= 15 is 0 Å². The molecular formula is C17H14N4O4. The van der Waals surface area contributed by atoms with E-state index in [2.05, 4.69) is 20.8 Å². The van der Waals surface area contributed by atoms with Crippen molar-refractivity contribution in [3.8, 4) is 0 Å². The van der Waals surface area contributed by atoms with E-state index in [0.29, 0.717) is 5.69 Å². The molecule has 0 spiro atoms. The monoisotopic (exact) mass is 338 g/mol. The maximum atomic E-state index is 11.9. The second kappa shape index (κ2) is 7.26. The first kappa shape index (κ1) is 16.2. The molecular weight excluding hydrogens is 324 g/mol. The lowest BCUT2D eigenvalue weighted by atomic mass is 10.2. The topological polar surface area (TPSA) is 117 Å². The summed E-state index contributed by atoms with van der Waals surface area (Å²) in [7, 11) is 0. The molecule has 0 radical (unpaired) electrons. The van der Waals surface area contributed by atoms with Crippen LogP contribution < -0.4 is 16.2 Å². The zero-order chi connectivity index (χ0) is 17.6. The van der Waals surface area contributed by atoms with E-state index in [-0.39, 0.29) is 29.5 Å². The number of hydrogen-bond acceptors (Lipinski definition) is 5. The molecule has 0 fully saturated rings. The molecule has 2 heterocycles. The fourth-order valence-corrected chi connectivity index (χ4v) is 2.05. The third-order valence-electron chi connectivity index (χ3n) is 3.32. The summed E-state index contributed by atoms with van der Waals surface area (Å²) in [5, 5.41) is 11.3. The number of carbonyl (C=O) groups is 2. The molecule has 25 heavy (non-hydrogen) atoms. The van der Waals surface area contributed by atoms with Crippen LogP contribution >= 0.6 is 0 Å². The number of hydrogen-bond donors (Lipinski definition) is 3. The van der Waals surface area contributed by atoms with E-state index in [0.717, 1.165) is 5.56 Å². The van der Waals surface area contributed by atoms with Crippen molar-refractivity contribution in [3.05, 3.63) is 82.2 Å². The predicted molar refractivity (Wildman–Crippen MR) is 89.1 cm³/mol. The maximum absolute atomic E-state index is 11.9. The Labute approximate surface area is 141 Å².